The fraction of sp³-hybridized carbons (Fsp3) is 0.375. The highest BCUT2D eigenvalue weighted by atomic mass is 35.5. The molecule has 4 nitrogen and oxygen atoms in total. The van der Waals surface area contributed by atoms with Crippen LogP contribution in [0.1, 0.15) is 23.5 Å². The normalized spacial score (nSPS) is 18.8. The summed E-state index contributed by atoms with van der Waals surface area (Å²) >= 11 is 9.30. The van der Waals surface area contributed by atoms with Gasteiger partial charge in [-0.2, -0.15) is 0 Å². The number of hydrogen-bond acceptors (Lipinski definition) is 5. The summed E-state index contributed by atoms with van der Waals surface area (Å²) in [5.41, 5.74) is 2.00. The van der Waals surface area contributed by atoms with Crippen molar-refractivity contribution in [2.75, 3.05) is 11.6 Å². The Morgan fingerprint density at radius 1 is 1.43 bits per heavy atom. The molecule has 0 saturated carbocycles. The van der Waals surface area contributed by atoms with Crippen LogP contribution in [0.3, 0.4) is 0 Å². The van der Waals surface area contributed by atoms with Crippen LogP contribution in [-0.4, -0.2) is 28.6 Å². The lowest BCUT2D eigenvalue weighted by atomic mass is 10.2. The number of hydrogen-bond donors (Lipinski definition) is 2. The molecular weight excluding hydrogens is 350 g/mol. The summed E-state index contributed by atoms with van der Waals surface area (Å²) in [5.74, 6) is 1.73. The quantitative estimate of drug-likeness (QED) is 0.866. The van der Waals surface area contributed by atoms with Crippen LogP contribution >= 0.6 is 34.7 Å². The standard InChI is InChI=1S/C16H18ClN3OS2/c1-9(19-15(21)13-7-22-8-18-13)14-10(2)20-16(23-14)11-3-5-12(17)6-4-11/h3-6,9,13,18H,7-8H2,1-2H3,(H,19,21). The highest BCUT2D eigenvalue weighted by Gasteiger charge is 2.25. The Balaban J connectivity index is 1.74. The third-order valence-corrected chi connectivity index (χ3v) is 6.29. The van der Waals surface area contributed by atoms with E-state index in [0.29, 0.717) is 5.02 Å². The number of benzene rings is 1. The number of rotatable bonds is 4. The third kappa shape index (κ3) is 3.88. The van der Waals surface area contributed by atoms with Crippen molar-refractivity contribution in [1.82, 2.24) is 15.6 Å². The molecule has 2 N–H and O–H groups in total. The summed E-state index contributed by atoms with van der Waals surface area (Å²) in [6, 6.07) is 7.52. The lowest BCUT2D eigenvalue weighted by Crippen LogP contribution is -2.42. The van der Waals surface area contributed by atoms with Crippen molar-refractivity contribution < 1.29 is 4.79 Å². The summed E-state index contributed by atoms with van der Waals surface area (Å²) in [5, 5.41) is 7.94. The largest absolute Gasteiger partial charge is 0.347 e. The fourth-order valence-electron chi connectivity index (χ4n) is 2.47. The van der Waals surface area contributed by atoms with E-state index in [4.69, 9.17) is 11.6 Å². The van der Waals surface area contributed by atoms with Gasteiger partial charge in [-0.1, -0.05) is 23.7 Å². The Bertz CT molecular complexity index is 696. The molecule has 0 spiro atoms. The molecule has 0 aliphatic carbocycles. The van der Waals surface area contributed by atoms with E-state index in [1.165, 1.54) is 0 Å². The van der Waals surface area contributed by atoms with E-state index >= 15 is 0 Å². The number of amides is 1. The smallest absolute Gasteiger partial charge is 0.238 e. The van der Waals surface area contributed by atoms with E-state index in [2.05, 4.69) is 15.6 Å². The fourth-order valence-corrected chi connectivity index (χ4v) is 4.61. The molecule has 0 radical (unpaired) electrons. The monoisotopic (exact) mass is 367 g/mol. The van der Waals surface area contributed by atoms with Crippen LogP contribution in [0.5, 0.6) is 0 Å². The van der Waals surface area contributed by atoms with Crippen molar-refractivity contribution in [3.8, 4) is 10.6 Å². The number of carbonyl (C=O) groups excluding carboxylic acids is 1. The maximum Gasteiger partial charge on any atom is 0.238 e. The van der Waals surface area contributed by atoms with Crippen molar-refractivity contribution >= 4 is 40.6 Å². The van der Waals surface area contributed by atoms with Crippen LogP contribution in [0.25, 0.3) is 10.6 Å². The maximum atomic E-state index is 12.2. The average Bonchev–Trinajstić information content (AvgIpc) is 3.17. The van der Waals surface area contributed by atoms with Crippen molar-refractivity contribution in [2.24, 2.45) is 0 Å². The first kappa shape index (κ1) is 16.8. The van der Waals surface area contributed by atoms with Gasteiger partial charge in [0, 0.05) is 22.2 Å². The molecule has 2 aromatic rings. The predicted molar refractivity (Wildman–Crippen MR) is 98.1 cm³/mol. The van der Waals surface area contributed by atoms with Crippen molar-refractivity contribution in [1.29, 1.82) is 0 Å². The van der Waals surface area contributed by atoms with Gasteiger partial charge in [0.05, 0.1) is 22.7 Å². The Morgan fingerprint density at radius 2 is 2.17 bits per heavy atom. The highest BCUT2D eigenvalue weighted by molar-refractivity contribution is 7.99. The highest BCUT2D eigenvalue weighted by Crippen LogP contribution is 2.32. The van der Waals surface area contributed by atoms with E-state index in [1.54, 1.807) is 23.1 Å². The molecule has 1 saturated heterocycles. The van der Waals surface area contributed by atoms with Gasteiger partial charge in [0.15, 0.2) is 0 Å². The number of aryl methyl sites for hydroxylation is 1. The van der Waals surface area contributed by atoms with Crippen molar-refractivity contribution in [3.05, 3.63) is 39.9 Å². The molecule has 2 heterocycles. The number of carbonyl (C=O) groups is 1. The number of thiazole rings is 1. The SMILES string of the molecule is Cc1nc(-c2ccc(Cl)cc2)sc1C(C)NC(=O)C1CSCN1. The lowest BCUT2D eigenvalue weighted by Gasteiger charge is -2.16. The minimum atomic E-state index is -0.0913. The molecule has 1 fully saturated rings. The lowest BCUT2D eigenvalue weighted by molar-refractivity contribution is -0.123. The van der Waals surface area contributed by atoms with E-state index in [-0.39, 0.29) is 18.0 Å². The van der Waals surface area contributed by atoms with Gasteiger partial charge in [-0.05, 0) is 26.0 Å². The molecule has 2 unspecified atom stereocenters. The summed E-state index contributed by atoms with van der Waals surface area (Å²) in [6.45, 7) is 3.99. The number of thioether (sulfide) groups is 1. The van der Waals surface area contributed by atoms with Crippen LogP contribution in [0, 0.1) is 6.92 Å². The molecular formula is C16H18ClN3OS2. The zero-order valence-electron chi connectivity index (χ0n) is 12.9. The molecule has 23 heavy (non-hydrogen) atoms. The molecule has 0 bridgehead atoms. The number of nitrogens with one attached hydrogen (secondary N) is 2. The minimum absolute atomic E-state index is 0.0477. The molecule has 1 aliphatic rings. The molecule has 1 aromatic carbocycles. The Kier molecular flexibility index (Phi) is 5.26. The van der Waals surface area contributed by atoms with Crippen LogP contribution in [0.15, 0.2) is 24.3 Å². The molecule has 2 atom stereocenters. The zero-order chi connectivity index (χ0) is 16.4. The van der Waals surface area contributed by atoms with Gasteiger partial charge in [-0.15, -0.1) is 23.1 Å². The topological polar surface area (TPSA) is 54.0 Å². The molecule has 122 valence electrons. The summed E-state index contributed by atoms with van der Waals surface area (Å²) < 4.78 is 0. The first-order valence-electron chi connectivity index (χ1n) is 7.39. The van der Waals surface area contributed by atoms with Gasteiger partial charge in [0.1, 0.15) is 5.01 Å². The number of halogens is 1. The van der Waals surface area contributed by atoms with Gasteiger partial charge in [-0.25, -0.2) is 4.98 Å². The van der Waals surface area contributed by atoms with Crippen LogP contribution in [0.4, 0.5) is 0 Å². The van der Waals surface area contributed by atoms with Gasteiger partial charge in [0.25, 0.3) is 0 Å². The Hall–Kier alpha value is -1.08. The number of nitrogens with zero attached hydrogens (tertiary/aromatic N) is 1. The van der Waals surface area contributed by atoms with E-state index < -0.39 is 0 Å². The first-order valence-corrected chi connectivity index (χ1v) is 9.74. The maximum absolute atomic E-state index is 12.2. The molecule has 3 rings (SSSR count). The van der Waals surface area contributed by atoms with Crippen LogP contribution < -0.4 is 10.6 Å². The number of aromatic nitrogens is 1. The third-order valence-electron chi connectivity index (χ3n) is 3.71. The minimum Gasteiger partial charge on any atom is -0.347 e. The van der Waals surface area contributed by atoms with Crippen LogP contribution in [-0.2, 0) is 4.79 Å². The van der Waals surface area contributed by atoms with E-state index in [1.807, 2.05) is 38.1 Å². The zero-order valence-corrected chi connectivity index (χ0v) is 15.3. The van der Waals surface area contributed by atoms with E-state index in [9.17, 15) is 4.79 Å². The van der Waals surface area contributed by atoms with Gasteiger partial charge < -0.3 is 5.32 Å². The van der Waals surface area contributed by atoms with Crippen molar-refractivity contribution in [3.63, 3.8) is 0 Å². The van der Waals surface area contributed by atoms with E-state index in [0.717, 1.165) is 32.8 Å². The predicted octanol–water partition coefficient (Wildman–Crippen LogP) is 3.61. The summed E-state index contributed by atoms with van der Waals surface area (Å²) in [4.78, 5) is 18.0. The Morgan fingerprint density at radius 3 is 2.83 bits per heavy atom. The van der Waals surface area contributed by atoms with Gasteiger partial charge >= 0.3 is 0 Å². The van der Waals surface area contributed by atoms with Crippen LogP contribution in [0.2, 0.25) is 5.02 Å². The summed E-state index contributed by atoms with van der Waals surface area (Å²) in [7, 11) is 0. The molecule has 1 aliphatic heterocycles. The summed E-state index contributed by atoms with van der Waals surface area (Å²) in [6.07, 6.45) is 0. The second-order valence-corrected chi connectivity index (χ2v) is 7.98. The van der Waals surface area contributed by atoms with Gasteiger partial charge in [0.2, 0.25) is 5.91 Å². The molecule has 1 aromatic heterocycles. The second-order valence-electron chi connectivity index (χ2n) is 5.48. The average molecular weight is 368 g/mol. The first-order chi connectivity index (χ1) is 11.0. The second kappa shape index (κ2) is 7.21. The van der Waals surface area contributed by atoms with Crippen molar-refractivity contribution in [2.45, 2.75) is 25.9 Å². The Labute approximate surface area is 149 Å². The molecule has 1 amide bonds. The molecule has 7 heteroatoms. The van der Waals surface area contributed by atoms with Gasteiger partial charge in [-0.3, -0.25) is 10.1 Å².